The molecule has 0 heterocycles. The molecule has 0 N–H and O–H groups in total. The molecule has 2 aromatic rings. The maximum absolute atomic E-state index is 12.7. The molecule has 0 saturated heterocycles. The molecule has 0 saturated carbocycles. The summed E-state index contributed by atoms with van der Waals surface area (Å²) in [5.41, 5.74) is 3.81. The van der Waals surface area contributed by atoms with Crippen LogP contribution in [0.15, 0.2) is 48.5 Å². The third-order valence-electron chi connectivity index (χ3n) is 4.39. The lowest BCUT2D eigenvalue weighted by molar-refractivity contribution is 0.0715. The highest BCUT2D eigenvalue weighted by Gasteiger charge is 2.26. The molecule has 0 bridgehead atoms. The Morgan fingerprint density at radius 2 is 1.91 bits per heavy atom. The molecular weight excluding hydrogens is 272 g/mol. The van der Waals surface area contributed by atoms with Crippen molar-refractivity contribution in [2.24, 2.45) is 0 Å². The van der Waals surface area contributed by atoms with Crippen molar-refractivity contribution in [2.45, 2.75) is 25.3 Å². The Labute approximate surface area is 130 Å². The number of carbonyl (C=O) groups excluding carboxylic acids is 1. The lowest BCUT2D eigenvalue weighted by Crippen LogP contribution is -2.33. The minimum atomic E-state index is 0.00573. The van der Waals surface area contributed by atoms with Gasteiger partial charge in [0.2, 0.25) is 0 Å². The molecule has 0 unspecified atom stereocenters. The third kappa shape index (κ3) is 2.60. The number of nitrogens with zero attached hydrogens (tertiary/aromatic N) is 2. The average molecular weight is 290 g/mol. The Balaban J connectivity index is 1.86. The summed E-state index contributed by atoms with van der Waals surface area (Å²) >= 11 is 0. The second-order valence-corrected chi connectivity index (χ2v) is 5.71. The Morgan fingerprint density at radius 3 is 2.64 bits per heavy atom. The Bertz CT molecular complexity index is 728. The fourth-order valence-corrected chi connectivity index (χ4v) is 3.16. The molecule has 0 aromatic heterocycles. The van der Waals surface area contributed by atoms with Gasteiger partial charge in [0.25, 0.3) is 5.91 Å². The van der Waals surface area contributed by atoms with Crippen LogP contribution in [0.5, 0.6) is 0 Å². The van der Waals surface area contributed by atoms with Gasteiger partial charge in [-0.05, 0) is 54.7 Å². The molecule has 1 aliphatic carbocycles. The normalized spacial score (nSPS) is 16.5. The molecule has 1 atom stereocenters. The summed E-state index contributed by atoms with van der Waals surface area (Å²) in [5, 5.41) is 8.84. The Hall–Kier alpha value is -2.60. The quantitative estimate of drug-likeness (QED) is 0.846. The standard InChI is InChI=1S/C19H18N2O/c1-21(19(22)16-11-9-14(13-20)10-12-16)18-8-4-6-15-5-2-3-7-17(15)18/h2-3,5,7,9-12,18H,4,6,8H2,1H3/t18-/m0/s1. The van der Waals surface area contributed by atoms with E-state index < -0.39 is 0 Å². The molecular formula is C19H18N2O. The predicted octanol–water partition coefficient (Wildman–Crippen LogP) is 3.71. The summed E-state index contributed by atoms with van der Waals surface area (Å²) in [6, 6.07) is 17.4. The summed E-state index contributed by atoms with van der Waals surface area (Å²) in [6.07, 6.45) is 3.19. The largest absolute Gasteiger partial charge is 0.335 e. The van der Waals surface area contributed by atoms with Gasteiger partial charge < -0.3 is 4.90 Å². The molecule has 110 valence electrons. The van der Waals surface area contributed by atoms with Crippen molar-refractivity contribution < 1.29 is 4.79 Å². The van der Waals surface area contributed by atoms with Crippen molar-refractivity contribution in [2.75, 3.05) is 7.05 Å². The van der Waals surface area contributed by atoms with Gasteiger partial charge in [-0.3, -0.25) is 4.79 Å². The van der Waals surface area contributed by atoms with Crippen molar-refractivity contribution in [3.8, 4) is 6.07 Å². The molecule has 0 aliphatic heterocycles. The van der Waals surface area contributed by atoms with Crippen LogP contribution in [-0.2, 0) is 6.42 Å². The molecule has 2 aromatic carbocycles. The first-order valence-corrected chi connectivity index (χ1v) is 7.56. The zero-order chi connectivity index (χ0) is 15.5. The van der Waals surface area contributed by atoms with Gasteiger partial charge in [0.05, 0.1) is 17.7 Å². The highest BCUT2D eigenvalue weighted by Crippen LogP contribution is 2.34. The zero-order valence-electron chi connectivity index (χ0n) is 12.6. The van der Waals surface area contributed by atoms with E-state index in [4.69, 9.17) is 5.26 Å². The second kappa shape index (κ2) is 6.03. The van der Waals surface area contributed by atoms with Gasteiger partial charge in [0.15, 0.2) is 0 Å². The number of hydrogen-bond donors (Lipinski definition) is 0. The van der Waals surface area contributed by atoms with Crippen LogP contribution in [-0.4, -0.2) is 17.9 Å². The lowest BCUT2D eigenvalue weighted by Gasteiger charge is -2.33. The van der Waals surface area contributed by atoms with Gasteiger partial charge in [-0.25, -0.2) is 0 Å². The number of hydrogen-bond acceptors (Lipinski definition) is 2. The van der Waals surface area contributed by atoms with Crippen LogP contribution in [0.4, 0.5) is 0 Å². The van der Waals surface area contributed by atoms with E-state index in [1.165, 1.54) is 11.1 Å². The van der Waals surface area contributed by atoms with Gasteiger partial charge in [-0.15, -0.1) is 0 Å². The molecule has 22 heavy (non-hydrogen) atoms. The fraction of sp³-hybridized carbons (Fsp3) is 0.263. The molecule has 0 fully saturated rings. The first-order valence-electron chi connectivity index (χ1n) is 7.56. The van der Waals surface area contributed by atoms with Crippen molar-refractivity contribution in [1.29, 1.82) is 5.26 Å². The van der Waals surface area contributed by atoms with Crippen LogP contribution < -0.4 is 0 Å². The van der Waals surface area contributed by atoms with Gasteiger partial charge in [0.1, 0.15) is 0 Å². The molecule has 1 aliphatic rings. The van der Waals surface area contributed by atoms with E-state index in [0.717, 1.165) is 19.3 Å². The van der Waals surface area contributed by atoms with E-state index in [9.17, 15) is 4.79 Å². The lowest BCUT2D eigenvalue weighted by atomic mass is 9.87. The number of fused-ring (bicyclic) bond motifs is 1. The van der Waals surface area contributed by atoms with Crippen molar-refractivity contribution in [3.63, 3.8) is 0 Å². The number of nitriles is 1. The van der Waals surface area contributed by atoms with E-state index in [2.05, 4.69) is 24.3 Å². The SMILES string of the molecule is CN(C(=O)c1ccc(C#N)cc1)[C@H]1CCCc2ccccc21. The highest BCUT2D eigenvalue weighted by molar-refractivity contribution is 5.94. The van der Waals surface area contributed by atoms with Gasteiger partial charge >= 0.3 is 0 Å². The van der Waals surface area contributed by atoms with Crippen LogP contribution in [0.1, 0.15) is 45.9 Å². The molecule has 1 amide bonds. The smallest absolute Gasteiger partial charge is 0.254 e. The van der Waals surface area contributed by atoms with E-state index in [1.54, 1.807) is 24.3 Å². The number of amides is 1. The first-order chi connectivity index (χ1) is 10.7. The maximum Gasteiger partial charge on any atom is 0.254 e. The summed E-state index contributed by atoms with van der Waals surface area (Å²) < 4.78 is 0. The van der Waals surface area contributed by atoms with Gasteiger partial charge in [-0.2, -0.15) is 5.26 Å². The van der Waals surface area contributed by atoms with Crippen LogP contribution in [0.2, 0.25) is 0 Å². The fourth-order valence-electron chi connectivity index (χ4n) is 3.16. The minimum absolute atomic E-state index is 0.00573. The van der Waals surface area contributed by atoms with Crippen LogP contribution in [0, 0.1) is 11.3 Å². The summed E-state index contributed by atoms with van der Waals surface area (Å²) in [4.78, 5) is 14.5. The predicted molar refractivity (Wildman–Crippen MR) is 85.4 cm³/mol. The molecule has 0 spiro atoms. The van der Waals surface area contributed by atoms with Crippen molar-refractivity contribution >= 4 is 5.91 Å². The minimum Gasteiger partial charge on any atom is -0.335 e. The van der Waals surface area contributed by atoms with E-state index in [1.807, 2.05) is 18.0 Å². The summed E-state index contributed by atoms with van der Waals surface area (Å²) in [6.45, 7) is 0. The number of aryl methyl sites for hydroxylation is 1. The van der Waals surface area contributed by atoms with Crippen LogP contribution in [0.3, 0.4) is 0 Å². The molecule has 3 nitrogen and oxygen atoms in total. The van der Waals surface area contributed by atoms with E-state index >= 15 is 0 Å². The zero-order valence-corrected chi connectivity index (χ0v) is 12.6. The monoisotopic (exact) mass is 290 g/mol. The second-order valence-electron chi connectivity index (χ2n) is 5.71. The molecule has 0 radical (unpaired) electrons. The third-order valence-corrected chi connectivity index (χ3v) is 4.39. The highest BCUT2D eigenvalue weighted by atomic mass is 16.2. The average Bonchev–Trinajstić information content (AvgIpc) is 2.60. The maximum atomic E-state index is 12.7. The first kappa shape index (κ1) is 14.3. The summed E-state index contributed by atoms with van der Waals surface area (Å²) in [5.74, 6) is 0.00573. The summed E-state index contributed by atoms with van der Waals surface area (Å²) in [7, 11) is 1.87. The molecule has 3 heteroatoms. The van der Waals surface area contributed by atoms with Gasteiger partial charge in [-0.1, -0.05) is 24.3 Å². The van der Waals surface area contributed by atoms with Gasteiger partial charge in [0, 0.05) is 12.6 Å². The van der Waals surface area contributed by atoms with Crippen LogP contribution >= 0.6 is 0 Å². The number of carbonyl (C=O) groups is 1. The van der Waals surface area contributed by atoms with Crippen molar-refractivity contribution in [3.05, 3.63) is 70.8 Å². The van der Waals surface area contributed by atoms with Crippen LogP contribution in [0.25, 0.3) is 0 Å². The Morgan fingerprint density at radius 1 is 1.18 bits per heavy atom. The topological polar surface area (TPSA) is 44.1 Å². The Kier molecular flexibility index (Phi) is 3.93. The van der Waals surface area contributed by atoms with E-state index in [-0.39, 0.29) is 11.9 Å². The van der Waals surface area contributed by atoms with E-state index in [0.29, 0.717) is 11.1 Å². The molecule has 3 rings (SSSR count). The number of benzene rings is 2. The number of rotatable bonds is 2. The van der Waals surface area contributed by atoms with Crippen molar-refractivity contribution in [1.82, 2.24) is 4.90 Å².